The van der Waals surface area contributed by atoms with E-state index in [9.17, 15) is 20.1 Å². The highest BCUT2D eigenvalue weighted by Gasteiger charge is 2.70. The van der Waals surface area contributed by atoms with E-state index in [1.807, 2.05) is 6.92 Å². The molecule has 0 aromatic heterocycles. The predicted molar refractivity (Wildman–Crippen MR) is 103 cm³/mol. The zero-order chi connectivity index (χ0) is 19.9. The lowest BCUT2D eigenvalue weighted by atomic mass is 9.42. The molecule has 0 amide bonds. The Morgan fingerprint density at radius 1 is 1.04 bits per heavy atom. The molecular formula is C23H34O5. The van der Waals surface area contributed by atoms with Gasteiger partial charge in [0.05, 0.1) is 17.8 Å². The fraction of sp³-hybridized carbons (Fsp3) is 0.870. The Balaban J connectivity index is 1.51. The van der Waals surface area contributed by atoms with E-state index in [1.165, 1.54) is 0 Å². The Bertz CT molecular complexity index is 718. The van der Waals surface area contributed by atoms with Gasteiger partial charge in [-0.1, -0.05) is 13.8 Å². The number of carbonyl (C=O) groups excluding carboxylic acids is 1. The van der Waals surface area contributed by atoms with Crippen molar-refractivity contribution in [2.45, 2.75) is 83.0 Å². The van der Waals surface area contributed by atoms with Crippen molar-refractivity contribution < 1.29 is 24.9 Å². The van der Waals surface area contributed by atoms with Gasteiger partial charge >= 0.3 is 5.97 Å². The van der Waals surface area contributed by atoms with Gasteiger partial charge < -0.3 is 20.1 Å². The van der Waals surface area contributed by atoms with Crippen LogP contribution in [-0.2, 0) is 9.53 Å². The van der Waals surface area contributed by atoms with E-state index in [4.69, 9.17) is 4.74 Å². The van der Waals surface area contributed by atoms with Gasteiger partial charge in [-0.3, -0.25) is 0 Å². The molecule has 1 unspecified atom stereocenters. The molecule has 5 heteroatoms. The number of ether oxygens (including phenoxy) is 1. The van der Waals surface area contributed by atoms with E-state index in [0.29, 0.717) is 31.3 Å². The van der Waals surface area contributed by atoms with Gasteiger partial charge in [0.2, 0.25) is 0 Å². The van der Waals surface area contributed by atoms with Crippen LogP contribution < -0.4 is 0 Å². The first-order valence-electron chi connectivity index (χ1n) is 11.2. The third-order valence-corrected chi connectivity index (χ3v) is 10.0. The van der Waals surface area contributed by atoms with Crippen LogP contribution in [-0.4, -0.2) is 45.7 Å². The van der Waals surface area contributed by atoms with E-state index < -0.39 is 17.1 Å². The average Bonchev–Trinajstić information content (AvgIpc) is 3.19. The molecule has 0 saturated heterocycles. The molecule has 28 heavy (non-hydrogen) atoms. The van der Waals surface area contributed by atoms with Crippen LogP contribution in [0.1, 0.15) is 65.2 Å². The molecule has 5 aliphatic rings. The predicted octanol–water partition coefficient (Wildman–Crippen LogP) is 2.58. The molecule has 0 spiro atoms. The summed E-state index contributed by atoms with van der Waals surface area (Å²) in [6.07, 6.45) is 7.69. The van der Waals surface area contributed by atoms with Gasteiger partial charge in [-0.2, -0.15) is 0 Å². The summed E-state index contributed by atoms with van der Waals surface area (Å²) < 4.78 is 5.16. The molecule has 0 aromatic carbocycles. The summed E-state index contributed by atoms with van der Waals surface area (Å²) in [5.41, 5.74) is -0.507. The van der Waals surface area contributed by atoms with Crippen molar-refractivity contribution in [2.75, 3.05) is 6.61 Å². The first kappa shape index (κ1) is 19.1. The van der Waals surface area contributed by atoms with Crippen molar-refractivity contribution in [3.63, 3.8) is 0 Å². The SMILES string of the molecule is C[C@]12CCC(O)C[C@H]1CC[C@@H]1[C@@H]2C[C@@H](O)[C@]2(C)[C@@H](C3=CC(=O)OC3)CC[C@]12O. The molecule has 0 radical (unpaired) electrons. The Labute approximate surface area is 167 Å². The van der Waals surface area contributed by atoms with Crippen molar-refractivity contribution >= 4 is 5.97 Å². The standard InChI is InChI=1S/C23H34O5/c1-21-7-5-15(24)10-14(21)3-4-17-18(21)11-19(25)22(2)16(6-8-23(17,22)27)13-9-20(26)28-12-13/h9,14-19,24-25,27H,3-8,10-12H2,1-2H3/t14-,15?,16-,17-,18+,19-,21+,22+,23+/m1/s1. The molecule has 0 bridgehead atoms. The quantitative estimate of drug-likeness (QED) is 0.599. The molecule has 0 aromatic rings. The highest BCUT2D eigenvalue weighted by Crippen LogP contribution is 2.69. The Morgan fingerprint density at radius 2 is 1.82 bits per heavy atom. The minimum atomic E-state index is -0.906. The van der Waals surface area contributed by atoms with Crippen LogP contribution in [0.3, 0.4) is 0 Å². The molecule has 156 valence electrons. The van der Waals surface area contributed by atoms with Crippen LogP contribution in [0.25, 0.3) is 0 Å². The maximum Gasteiger partial charge on any atom is 0.331 e. The highest BCUT2D eigenvalue weighted by atomic mass is 16.5. The number of cyclic esters (lactones) is 1. The fourth-order valence-corrected chi connectivity index (χ4v) is 8.37. The number of rotatable bonds is 1. The first-order chi connectivity index (χ1) is 13.2. The van der Waals surface area contributed by atoms with Gasteiger partial charge in [-0.15, -0.1) is 0 Å². The van der Waals surface area contributed by atoms with Gasteiger partial charge in [-0.25, -0.2) is 4.79 Å². The Kier molecular flexibility index (Phi) is 4.12. The van der Waals surface area contributed by atoms with Gasteiger partial charge in [0, 0.05) is 11.5 Å². The number of esters is 1. The summed E-state index contributed by atoms with van der Waals surface area (Å²) in [5.74, 6) is 0.657. The summed E-state index contributed by atoms with van der Waals surface area (Å²) >= 11 is 0. The summed E-state index contributed by atoms with van der Waals surface area (Å²) in [4.78, 5) is 11.6. The van der Waals surface area contributed by atoms with Crippen molar-refractivity contribution in [1.82, 2.24) is 0 Å². The van der Waals surface area contributed by atoms with Crippen molar-refractivity contribution in [3.8, 4) is 0 Å². The molecule has 4 saturated carbocycles. The highest BCUT2D eigenvalue weighted by molar-refractivity contribution is 5.85. The van der Waals surface area contributed by atoms with Gasteiger partial charge in [0.1, 0.15) is 6.61 Å². The summed E-state index contributed by atoms with van der Waals surface area (Å²) in [6, 6.07) is 0. The molecule has 5 rings (SSSR count). The minimum Gasteiger partial charge on any atom is -0.458 e. The van der Waals surface area contributed by atoms with Gasteiger partial charge in [0.15, 0.2) is 0 Å². The Morgan fingerprint density at radius 3 is 2.54 bits per heavy atom. The topological polar surface area (TPSA) is 87.0 Å². The van der Waals surface area contributed by atoms with E-state index in [0.717, 1.165) is 44.1 Å². The summed E-state index contributed by atoms with van der Waals surface area (Å²) in [7, 11) is 0. The van der Waals surface area contributed by atoms with E-state index in [2.05, 4.69) is 6.92 Å². The molecular weight excluding hydrogens is 356 g/mol. The monoisotopic (exact) mass is 390 g/mol. The molecule has 4 fully saturated rings. The number of hydrogen-bond acceptors (Lipinski definition) is 5. The Hall–Kier alpha value is -0.910. The number of aliphatic hydroxyl groups excluding tert-OH is 2. The minimum absolute atomic E-state index is 0.00129. The maximum absolute atomic E-state index is 12.1. The molecule has 1 heterocycles. The first-order valence-corrected chi connectivity index (χ1v) is 11.2. The molecule has 3 N–H and O–H groups in total. The van der Waals surface area contributed by atoms with Crippen LogP contribution in [0.15, 0.2) is 11.6 Å². The summed E-state index contributed by atoms with van der Waals surface area (Å²) in [5, 5.41) is 33.7. The number of aliphatic hydroxyl groups is 3. The second kappa shape index (κ2) is 6.05. The second-order valence-corrected chi connectivity index (χ2v) is 10.8. The van der Waals surface area contributed by atoms with Crippen LogP contribution in [0.5, 0.6) is 0 Å². The fourth-order valence-electron chi connectivity index (χ4n) is 8.37. The third kappa shape index (κ3) is 2.27. The zero-order valence-electron chi connectivity index (χ0n) is 17.1. The van der Waals surface area contributed by atoms with Crippen LogP contribution in [0.4, 0.5) is 0 Å². The number of fused-ring (bicyclic) bond motifs is 5. The summed E-state index contributed by atoms with van der Waals surface area (Å²) in [6.45, 7) is 4.69. The van der Waals surface area contributed by atoms with E-state index >= 15 is 0 Å². The largest absolute Gasteiger partial charge is 0.458 e. The molecule has 5 nitrogen and oxygen atoms in total. The van der Waals surface area contributed by atoms with Crippen molar-refractivity contribution in [1.29, 1.82) is 0 Å². The van der Waals surface area contributed by atoms with E-state index in [-0.39, 0.29) is 29.3 Å². The van der Waals surface area contributed by atoms with Gasteiger partial charge in [-0.05, 0) is 86.0 Å². The normalized spacial score (nSPS) is 55.8. The van der Waals surface area contributed by atoms with Gasteiger partial charge in [0.25, 0.3) is 0 Å². The molecule has 1 aliphatic heterocycles. The van der Waals surface area contributed by atoms with Crippen LogP contribution >= 0.6 is 0 Å². The zero-order valence-corrected chi connectivity index (χ0v) is 17.1. The number of carbonyl (C=O) groups is 1. The lowest BCUT2D eigenvalue weighted by Crippen LogP contribution is -2.67. The average molecular weight is 391 g/mol. The van der Waals surface area contributed by atoms with Crippen LogP contribution in [0, 0.1) is 34.5 Å². The van der Waals surface area contributed by atoms with Crippen molar-refractivity contribution in [2.24, 2.45) is 34.5 Å². The smallest absolute Gasteiger partial charge is 0.331 e. The molecule has 9 atom stereocenters. The maximum atomic E-state index is 12.1. The second-order valence-electron chi connectivity index (χ2n) is 10.8. The third-order valence-electron chi connectivity index (χ3n) is 10.0. The number of hydrogen-bond donors (Lipinski definition) is 3. The van der Waals surface area contributed by atoms with Crippen molar-refractivity contribution in [3.05, 3.63) is 11.6 Å². The van der Waals surface area contributed by atoms with Crippen LogP contribution in [0.2, 0.25) is 0 Å². The van der Waals surface area contributed by atoms with E-state index in [1.54, 1.807) is 6.08 Å². The lowest BCUT2D eigenvalue weighted by molar-refractivity contribution is -0.244. The molecule has 4 aliphatic carbocycles. The lowest BCUT2D eigenvalue weighted by Gasteiger charge is -2.64.